The molecule has 0 unspecified atom stereocenters. The quantitative estimate of drug-likeness (QED) is 0.288. The molecule has 1 aromatic carbocycles. The molecule has 9 heteroatoms. The van der Waals surface area contributed by atoms with Crippen LogP contribution in [0.4, 0.5) is 23.2 Å². The molecule has 1 heterocycles. The number of anilines is 1. The van der Waals surface area contributed by atoms with E-state index in [1.165, 1.54) is 0 Å². The molecular formula is C12H15BF4N2O2. The molecule has 0 amide bonds. The van der Waals surface area contributed by atoms with Gasteiger partial charge in [-0.25, -0.2) is 17.6 Å². The highest BCUT2D eigenvalue weighted by atomic mass is 19.2. The summed E-state index contributed by atoms with van der Waals surface area (Å²) in [7, 11) is -1.56. The summed E-state index contributed by atoms with van der Waals surface area (Å²) in [5.41, 5.74) is -2.28. The van der Waals surface area contributed by atoms with E-state index in [1.807, 2.05) is 0 Å². The summed E-state index contributed by atoms with van der Waals surface area (Å²) >= 11 is 0. The van der Waals surface area contributed by atoms with E-state index >= 15 is 0 Å². The molecular weight excluding hydrogens is 291 g/mol. The number of halogens is 4. The molecule has 1 aromatic rings. The molecule has 0 aromatic heterocycles. The average molecular weight is 306 g/mol. The molecule has 0 radical (unpaired) electrons. The fraction of sp³-hybridized carbons (Fsp3) is 0.500. The highest BCUT2D eigenvalue weighted by Gasteiger charge is 2.54. The second-order valence-corrected chi connectivity index (χ2v) is 5.78. The van der Waals surface area contributed by atoms with E-state index in [1.54, 1.807) is 33.1 Å². The van der Waals surface area contributed by atoms with Gasteiger partial charge < -0.3 is 14.7 Å². The number of benzene rings is 1. The van der Waals surface area contributed by atoms with Gasteiger partial charge in [0.05, 0.1) is 16.7 Å². The van der Waals surface area contributed by atoms with Gasteiger partial charge in [-0.3, -0.25) is 5.84 Å². The van der Waals surface area contributed by atoms with E-state index in [4.69, 9.17) is 15.2 Å². The lowest BCUT2D eigenvalue weighted by molar-refractivity contribution is 0.00578. The van der Waals surface area contributed by atoms with Gasteiger partial charge >= 0.3 is 7.12 Å². The molecule has 1 aliphatic heterocycles. The van der Waals surface area contributed by atoms with Crippen molar-refractivity contribution in [2.75, 3.05) is 5.43 Å². The van der Waals surface area contributed by atoms with Gasteiger partial charge in [0.1, 0.15) is 5.69 Å². The van der Waals surface area contributed by atoms with E-state index < -0.39 is 52.7 Å². The predicted octanol–water partition coefficient (Wildman–Crippen LogP) is 1.83. The Morgan fingerprint density at radius 1 is 0.857 bits per heavy atom. The average Bonchev–Trinajstić information content (AvgIpc) is 2.57. The summed E-state index contributed by atoms with van der Waals surface area (Å²) in [4.78, 5) is 0. The molecule has 2 rings (SSSR count). The van der Waals surface area contributed by atoms with Crippen LogP contribution in [0.1, 0.15) is 27.7 Å². The fourth-order valence-corrected chi connectivity index (χ4v) is 1.94. The molecule has 0 spiro atoms. The van der Waals surface area contributed by atoms with Gasteiger partial charge in [-0.1, -0.05) is 0 Å². The van der Waals surface area contributed by atoms with Gasteiger partial charge in [0, 0.05) is 0 Å². The summed E-state index contributed by atoms with van der Waals surface area (Å²) in [6.07, 6.45) is 0. The Bertz CT molecular complexity index is 550. The maximum Gasteiger partial charge on any atom is 0.501 e. The first kappa shape index (κ1) is 16.1. The molecule has 1 saturated heterocycles. The van der Waals surface area contributed by atoms with Gasteiger partial charge in [-0.15, -0.1) is 0 Å². The Hall–Kier alpha value is -1.32. The fourth-order valence-electron chi connectivity index (χ4n) is 1.94. The van der Waals surface area contributed by atoms with Crippen molar-refractivity contribution in [1.82, 2.24) is 0 Å². The first-order valence-corrected chi connectivity index (χ1v) is 6.21. The first-order valence-electron chi connectivity index (χ1n) is 6.21. The minimum absolute atomic E-state index is 0.908. The second kappa shape index (κ2) is 4.86. The zero-order chi connectivity index (χ0) is 16.2. The summed E-state index contributed by atoms with van der Waals surface area (Å²) < 4.78 is 66.2. The van der Waals surface area contributed by atoms with Gasteiger partial charge in [0.15, 0.2) is 23.3 Å². The van der Waals surface area contributed by atoms with Crippen molar-refractivity contribution in [2.45, 2.75) is 38.9 Å². The van der Waals surface area contributed by atoms with E-state index in [0.29, 0.717) is 0 Å². The van der Waals surface area contributed by atoms with Gasteiger partial charge in [0.2, 0.25) is 0 Å². The van der Waals surface area contributed by atoms with Crippen molar-refractivity contribution >= 4 is 18.3 Å². The molecule has 0 saturated carbocycles. The van der Waals surface area contributed by atoms with Gasteiger partial charge in [-0.2, -0.15) is 0 Å². The van der Waals surface area contributed by atoms with Crippen LogP contribution < -0.4 is 16.7 Å². The standard InChI is InChI=1S/C12H15BF4N2O2/c1-11(2)12(3,4)21-13(20-11)5-6(14)8(16)10(19-18)9(17)7(5)15/h19H,18H2,1-4H3. The monoisotopic (exact) mass is 306 g/mol. The topological polar surface area (TPSA) is 56.5 Å². The van der Waals surface area contributed by atoms with Crippen LogP contribution in [-0.2, 0) is 9.31 Å². The summed E-state index contributed by atoms with van der Waals surface area (Å²) in [6.45, 7) is 6.58. The molecule has 21 heavy (non-hydrogen) atoms. The zero-order valence-corrected chi connectivity index (χ0v) is 12.0. The van der Waals surface area contributed by atoms with Crippen molar-refractivity contribution in [3.8, 4) is 0 Å². The molecule has 3 N–H and O–H groups in total. The van der Waals surface area contributed by atoms with Crippen LogP contribution in [0.3, 0.4) is 0 Å². The maximum absolute atomic E-state index is 14.0. The van der Waals surface area contributed by atoms with E-state index in [9.17, 15) is 17.6 Å². The lowest BCUT2D eigenvalue weighted by Crippen LogP contribution is -2.41. The van der Waals surface area contributed by atoms with E-state index in [-0.39, 0.29) is 0 Å². The Kier molecular flexibility index (Phi) is 3.72. The number of nitrogen functional groups attached to an aromatic ring is 1. The first-order chi connectivity index (χ1) is 9.53. The normalized spacial score (nSPS) is 20.0. The van der Waals surface area contributed by atoms with Crippen molar-refractivity contribution in [1.29, 1.82) is 0 Å². The number of rotatable bonds is 2. The smallest absolute Gasteiger partial charge is 0.399 e. The predicted molar refractivity (Wildman–Crippen MR) is 69.8 cm³/mol. The molecule has 1 aliphatic rings. The number of hydrazine groups is 1. The number of hydrogen-bond donors (Lipinski definition) is 2. The lowest BCUT2D eigenvalue weighted by Gasteiger charge is -2.32. The third kappa shape index (κ3) is 2.29. The van der Waals surface area contributed by atoms with Crippen LogP contribution in [-0.4, -0.2) is 18.3 Å². The van der Waals surface area contributed by atoms with Crippen LogP contribution in [0.25, 0.3) is 0 Å². The van der Waals surface area contributed by atoms with Crippen molar-refractivity contribution < 1.29 is 26.9 Å². The third-order valence-corrected chi connectivity index (χ3v) is 3.93. The molecule has 0 bridgehead atoms. The summed E-state index contributed by atoms with van der Waals surface area (Å²) in [5, 5.41) is 0. The van der Waals surface area contributed by atoms with Crippen LogP contribution in [0.2, 0.25) is 0 Å². The highest BCUT2D eigenvalue weighted by Crippen LogP contribution is 2.37. The molecule has 116 valence electrons. The number of nitrogens with one attached hydrogen (secondary N) is 1. The van der Waals surface area contributed by atoms with Crippen molar-refractivity contribution in [2.24, 2.45) is 5.84 Å². The van der Waals surface area contributed by atoms with Crippen molar-refractivity contribution in [3.05, 3.63) is 23.3 Å². The van der Waals surface area contributed by atoms with E-state index in [0.717, 1.165) is 0 Å². The Morgan fingerprint density at radius 3 is 1.57 bits per heavy atom. The minimum atomic E-state index is -1.64. The van der Waals surface area contributed by atoms with Gasteiger partial charge in [0.25, 0.3) is 0 Å². The van der Waals surface area contributed by atoms with Crippen LogP contribution in [0, 0.1) is 23.3 Å². The maximum atomic E-state index is 14.0. The van der Waals surface area contributed by atoms with Crippen LogP contribution >= 0.6 is 0 Å². The molecule has 0 aliphatic carbocycles. The van der Waals surface area contributed by atoms with Crippen LogP contribution in [0.5, 0.6) is 0 Å². The minimum Gasteiger partial charge on any atom is -0.399 e. The zero-order valence-electron chi connectivity index (χ0n) is 12.0. The molecule has 0 atom stereocenters. The third-order valence-electron chi connectivity index (χ3n) is 3.93. The van der Waals surface area contributed by atoms with Crippen LogP contribution in [0.15, 0.2) is 0 Å². The Labute approximate surface area is 119 Å². The van der Waals surface area contributed by atoms with Crippen molar-refractivity contribution in [3.63, 3.8) is 0 Å². The highest BCUT2D eigenvalue weighted by molar-refractivity contribution is 6.62. The molecule has 4 nitrogen and oxygen atoms in total. The molecule has 1 fully saturated rings. The summed E-state index contributed by atoms with van der Waals surface area (Å²) in [5.74, 6) is -1.64. The summed E-state index contributed by atoms with van der Waals surface area (Å²) in [6, 6.07) is 0. The number of hydrogen-bond acceptors (Lipinski definition) is 4. The largest absolute Gasteiger partial charge is 0.501 e. The SMILES string of the molecule is CC1(C)OB(c2c(F)c(F)c(NN)c(F)c2F)OC1(C)C. The Morgan fingerprint density at radius 2 is 1.24 bits per heavy atom. The lowest BCUT2D eigenvalue weighted by atomic mass is 9.77. The van der Waals surface area contributed by atoms with E-state index in [2.05, 4.69) is 0 Å². The second-order valence-electron chi connectivity index (χ2n) is 5.78. The Balaban J connectivity index is 2.57. The number of nitrogens with two attached hydrogens (primary N) is 1. The van der Waals surface area contributed by atoms with Gasteiger partial charge in [-0.05, 0) is 27.7 Å².